The topological polar surface area (TPSA) is 83.6 Å². The number of pyridine rings is 1. The molecular formula is C19H13NO4S. The molecular weight excluding hydrogens is 338 g/mol. The first-order valence-electron chi connectivity index (χ1n) is 7.57. The van der Waals surface area contributed by atoms with Crippen LogP contribution < -0.4 is 5.63 Å². The lowest BCUT2D eigenvalue weighted by Gasteiger charge is -2.07. The molecule has 25 heavy (non-hydrogen) atoms. The summed E-state index contributed by atoms with van der Waals surface area (Å²) in [6, 6.07) is 15.8. The van der Waals surface area contributed by atoms with Gasteiger partial charge in [-0.25, -0.2) is 9.78 Å². The first kappa shape index (κ1) is 15.5. The zero-order valence-electron chi connectivity index (χ0n) is 13.0. The fraction of sp³-hybridized carbons (Fsp3) is 0.0526. The number of para-hydroxylation sites is 1. The molecule has 0 bridgehead atoms. The molecule has 0 saturated heterocycles. The van der Waals surface area contributed by atoms with Crippen LogP contribution in [0.15, 0.2) is 68.8 Å². The number of hydrogen-bond donors (Lipinski definition) is 2. The second-order valence-corrected chi connectivity index (χ2v) is 6.55. The highest BCUT2D eigenvalue weighted by Crippen LogP contribution is 2.33. The van der Waals surface area contributed by atoms with Crippen molar-refractivity contribution in [3.05, 3.63) is 70.6 Å². The number of hydrogen-bond acceptors (Lipinski definition) is 6. The van der Waals surface area contributed by atoms with Crippen LogP contribution in [0.2, 0.25) is 0 Å². The van der Waals surface area contributed by atoms with Crippen molar-refractivity contribution in [2.75, 3.05) is 0 Å². The zero-order chi connectivity index (χ0) is 17.4. The third-order valence-electron chi connectivity index (χ3n) is 3.87. The quantitative estimate of drug-likeness (QED) is 0.329. The minimum absolute atomic E-state index is 0.241. The predicted octanol–water partition coefficient (Wildman–Crippen LogP) is 4.04. The van der Waals surface area contributed by atoms with E-state index in [9.17, 15) is 15.0 Å². The summed E-state index contributed by atoms with van der Waals surface area (Å²) in [6.07, 6.45) is 0. The second kappa shape index (κ2) is 6.14. The summed E-state index contributed by atoms with van der Waals surface area (Å²) in [6.45, 7) is 0. The molecule has 0 unspecified atom stereocenters. The number of aromatic nitrogens is 1. The van der Waals surface area contributed by atoms with Crippen LogP contribution in [0, 0.1) is 0 Å². The Morgan fingerprint density at radius 2 is 1.80 bits per heavy atom. The molecule has 2 heterocycles. The monoisotopic (exact) mass is 351 g/mol. The Morgan fingerprint density at radius 1 is 1.00 bits per heavy atom. The molecule has 5 nitrogen and oxygen atoms in total. The number of aromatic hydroxyl groups is 2. The number of nitrogens with zero attached hydrogens (tertiary/aromatic N) is 1. The number of phenolic OH excluding ortho intramolecular Hbond substituents is 2. The van der Waals surface area contributed by atoms with Gasteiger partial charge in [-0.05, 0) is 23.8 Å². The molecule has 2 N–H and O–H groups in total. The third kappa shape index (κ3) is 3.04. The van der Waals surface area contributed by atoms with E-state index in [4.69, 9.17) is 4.42 Å². The van der Waals surface area contributed by atoms with Crippen LogP contribution in [-0.2, 0) is 5.75 Å². The van der Waals surface area contributed by atoms with E-state index in [1.54, 1.807) is 0 Å². The zero-order valence-corrected chi connectivity index (χ0v) is 13.8. The Labute approximate surface area is 146 Å². The van der Waals surface area contributed by atoms with E-state index in [1.165, 1.54) is 30.0 Å². The van der Waals surface area contributed by atoms with Gasteiger partial charge >= 0.3 is 5.63 Å². The molecule has 2 aromatic carbocycles. The Balaban J connectivity index is 1.70. The highest BCUT2D eigenvalue weighted by Gasteiger charge is 2.11. The summed E-state index contributed by atoms with van der Waals surface area (Å²) in [5, 5.41) is 21.8. The van der Waals surface area contributed by atoms with Crippen LogP contribution in [0.3, 0.4) is 0 Å². The Morgan fingerprint density at radius 3 is 2.68 bits per heavy atom. The van der Waals surface area contributed by atoms with Gasteiger partial charge in [0.1, 0.15) is 5.58 Å². The minimum Gasteiger partial charge on any atom is -0.504 e. The van der Waals surface area contributed by atoms with E-state index >= 15 is 0 Å². The first-order valence-corrected chi connectivity index (χ1v) is 8.56. The summed E-state index contributed by atoms with van der Waals surface area (Å²) in [5.74, 6) is -0.0921. The van der Waals surface area contributed by atoms with Gasteiger partial charge in [0.25, 0.3) is 0 Å². The van der Waals surface area contributed by atoms with Crippen molar-refractivity contribution in [1.29, 1.82) is 0 Å². The van der Waals surface area contributed by atoms with Gasteiger partial charge < -0.3 is 14.6 Å². The lowest BCUT2D eigenvalue weighted by Crippen LogP contribution is -2.00. The van der Waals surface area contributed by atoms with Crippen molar-refractivity contribution < 1.29 is 14.6 Å². The van der Waals surface area contributed by atoms with Crippen molar-refractivity contribution >= 4 is 33.6 Å². The van der Waals surface area contributed by atoms with Crippen LogP contribution in [0.5, 0.6) is 11.5 Å². The maximum atomic E-state index is 11.8. The predicted molar refractivity (Wildman–Crippen MR) is 97.1 cm³/mol. The molecule has 6 heteroatoms. The van der Waals surface area contributed by atoms with Gasteiger partial charge in [-0.15, -0.1) is 11.8 Å². The summed E-state index contributed by atoms with van der Waals surface area (Å²) >= 11 is 1.49. The number of benzene rings is 2. The van der Waals surface area contributed by atoms with Crippen LogP contribution in [0.4, 0.5) is 0 Å². The fourth-order valence-corrected chi connectivity index (χ4v) is 3.52. The van der Waals surface area contributed by atoms with E-state index in [1.807, 2.05) is 36.4 Å². The highest BCUT2D eigenvalue weighted by molar-refractivity contribution is 7.98. The second-order valence-electron chi connectivity index (χ2n) is 5.56. The molecule has 0 fully saturated rings. The Bertz CT molecular complexity index is 1150. The van der Waals surface area contributed by atoms with Crippen molar-refractivity contribution in [2.24, 2.45) is 0 Å². The van der Waals surface area contributed by atoms with Crippen molar-refractivity contribution in [1.82, 2.24) is 4.98 Å². The number of fused-ring (bicyclic) bond motifs is 2. The van der Waals surface area contributed by atoms with Crippen LogP contribution in [0.1, 0.15) is 5.56 Å². The normalized spacial score (nSPS) is 11.2. The smallest absolute Gasteiger partial charge is 0.336 e. The number of phenols is 2. The largest absolute Gasteiger partial charge is 0.504 e. The molecule has 2 aromatic heterocycles. The molecule has 0 saturated carbocycles. The lowest BCUT2D eigenvalue weighted by molar-refractivity contribution is 0.403. The molecule has 0 aliphatic heterocycles. The van der Waals surface area contributed by atoms with Crippen LogP contribution in [0.25, 0.3) is 21.9 Å². The van der Waals surface area contributed by atoms with Crippen molar-refractivity contribution in [3.8, 4) is 11.5 Å². The third-order valence-corrected chi connectivity index (χ3v) is 4.85. The average molecular weight is 351 g/mol. The average Bonchev–Trinajstić information content (AvgIpc) is 2.61. The molecule has 0 aliphatic carbocycles. The van der Waals surface area contributed by atoms with Crippen molar-refractivity contribution in [2.45, 2.75) is 10.8 Å². The molecule has 0 atom stereocenters. The van der Waals surface area contributed by atoms with E-state index in [-0.39, 0.29) is 17.1 Å². The van der Waals surface area contributed by atoms with Crippen molar-refractivity contribution in [3.63, 3.8) is 0 Å². The van der Waals surface area contributed by atoms with Crippen LogP contribution in [-0.4, -0.2) is 15.2 Å². The lowest BCUT2D eigenvalue weighted by atomic mass is 10.1. The van der Waals surface area contributed by atoms with Gasteiger partial charge in [-0.2, -0.15) is 0 Å². The van der Waals surface area contributed by atoms with Crippen LogP contribution >= 0.6 is 11.8 Å². The van der Waals surface area contributed by atoms with Gasteiger partial charge in [-0.3, -0.25) is 0 Å². The van der Waals surface area contributed by atoms with Gasteiger partial charge in [0.05, 0.1) is 10.5 Å². The van der Waals surface area contributed by atoms with E-state index in [0.29, 0.717) is 16.7 Å². The summed E-state index contributed by atoms with van der Waals surface area (Å²) in [4.78, 5) is 16.3. The SMILES string of the molecule is O=c1cc(CSc2ccc3ccccc3n2)c2cc(O)c(O)cc2o1. The molecule has 124 valence electrons. The Kier molecular flexibility index (Phi) is 3.82. The molecule has 0 spiro atoms. The van der Waals surface area contributed by atoms with E-state index in [2.05, 4.69) is 4.98 Å². The standard InChI is InChI=1S/C19H13NO4S/c21-15-8-13-12(7-19(23)24-17(13)9-16(15)22)10-25-18-6-5-11-3-1-2-4-14(11)20-18/h1-9,21-22H,10H2. The maximum absolute atomic E-state index is 11.8. The number of rotatable bonds is 3. The van der Waals surface area contributed by atoms with Gasteiger partial charge in [0.2, 0.25) is 0 Å². The maximum Gasteiger partial charge on any atom is 0.336 e. The van der Waals surface area contributed by atoms with E-state index < -0.39 is 5.63 Å². The first-order chi connectivity index (χ1) is 12.1. The molecule has 0 radical (unpaired) electrons. The molecule has 4 aromatic rings. The molecule has 4 rings (SSSR count). The minimum atomic E-state index is -0.500. The fourth-order valence-electron chi connectivity index (χ4n) is 2.65. The Hall–Kier alpha value is -2.99. The van der Waals surface area contributed by atoms with Gasteiger partial charge in [0.15, 0.2) is 11.5 Å². The molecule has 0 aliphatic rings. The summed E-state index contributed by atoms with van der Waals surface area (Å²) < 4.78 is 5.10. The number of thioether (sulfide) groups is 1. The van der Waals surface area contributed by atoms with Gasteiger partial charge in [0, 0.05) is 28.7 Å². The summed E-state index contributed by atoms with van der Waals surface area (Å²) in [7, 11) is 0. The highest BCUT2D eigenvalue weighted by atomic mass is 32.2. The molecule has 0 amide bonds. The van der Waals surface area contributed by atoms with Gasteiger partial charge in [-0.1, -0.05) is 24.3 Å². The van der Waals surface area contributed by atoms with E-state index in [0.717, 1.165) is 15.9 Å². The summed E-state index contributed by atoms with van der Waals surface area (Å²) in [5.41, 5.74) is 1.36.